The summed E-state index contributed by atoms with van der Waals surface area (Å²) in [7, 11) is 0. The van der Waals surface area contributed by atoms with Crippen LogP contribution in [-0.4, -0.2) is 11.8 Å². The van der Waals surface area contributed by atoms with Crippen molar-refractivity contribution in [2.24, 2.45) is 0 Å². The summed E-state index contributed by atoms with van der Waals surface area (Å²) in [6.07, 6.45) is 0. The van der Waals surface area contributed by atoms with Gasteiger partial charge >= 0.3 is 0 Å². The van der Waals surface area contributed by atoms with Crippen molar-refractivity contribution < 1.29 is 9.59 Å². The van der Waals surface area contributed by atoms with Gasteiger partial charge in [-0.2, -0.15) is 0 Å². The summed E-state index contributed by atoms with van der Waals surface area (Å²) in [5.74, 6) is -0.519. The summed E-state index contributed by atoms with van der Waals surface area (Å²) in [6.45, 7) is 3.94. The molecule has 2 aromatic rings. The lowest BCUT2D eigenvalue weighted by Crippen LogP contribution is -2.21. The maximum atomic E-state index is 12.7. The van der Waals surface area contributed by atoms with Crippen molar-refractivity contribution in [2.45, 2.75) is 13.8 Å². The van der Waals surface area contributed by atoms with Crippen molar-refractivity contribution in [1.82, 2.24) is 10.6 Å². The number of hydrogen-bond donors (Lipinski definition) is 2. The summed E-state index contributed by atoms with van der Waals surface area (Å²) in [5, 5.41) is 5.74. The number of halogens is 2. The first-order chi connectivity index (χ1) is 12.4. The number of fused-ring (bicyclic) bond motifs is 1. The van der Waals surface area contributed by atoms with E-state index in [1.54, 1.807) is 0 Å². The molecule has 0 unspecified atom stereocenters. The number of hydrogen-bond acceptors (Lipinski definition) is 2. The fourth-order valence-corrected chi connectivity index (χ4v) is 3.71. The van der Waals surface area contributed by atoms with E-state index in [9.17, 15) is 9.59 Å². The first kappa shape index (κ1) is 17.2. The minimum atomic E-state index is -0.260. The fraction of sp³-hybridized carbons (Fsp3) is 0.100. The van der Waals surface area contributed by atoms with Crippen LogP contribution in [-0.2, 0) is 9.59 Å². The first-order valence-electron chi connectivity index (χ1n) is 8.01. The number of rotatable bonds is 2. The Labute approximate surface area is 167 Å². The molecule has 130 valence electrons. The van der Waals surface area contributed by atoms with Crippen LogP contribution in [0.15, 0.2) is 56.5 Å². The number of nitrogens with one attached hydrogen (secondary N) is 2. The summed E-state index contributed by atoms with van der Waals surface area (Å²) >= 11 is 6.95. The molecule has 2 N–H and O–H groups in total. The van der Waals surface area contributed by atoms with E-state index in [0.29, 0.717) is 22.5 Å². The third-order valence-electron chi connectivity index (χ3n) is 4.57. The molecule has 2 amide bonds. The van der Waals surface area contributed by atoms with Crippen LogP contribution < -0.4 is 10.6 Å². The predicted molar refractivity (Wildman–Crippen MR) is 108 cm³/mol. The van der Waals surface area contributed by atoms with Crippen LogP contribution in [0.1, 0.15) is 22.3 Å². The lowest BCUT2D eigenvalue weighted by Gasteiger charge is -2.09. The zero-order valence-electron chi connectivity index (χ0n) is 14.0. The van der Waals surface area contributed by atoms with Crippen LogP contribution in [0.25, 0.3) is 11.4 Å². The van der Waals surface area contributed by atoms with E-state index < -0.39 is 0 Å². The van der Waals surface area contributed by atoms with E-state index in [0.717, 1.165) is 31.2 Å². The highest BCUT2D eigenvalue weighted by Crippen LogP contribution is 2.38. The Bertz CT molecular complexity index is 982. The molecule has 0 aliphatic carbocycles. The van der Waals surface area contributed by atoms with Gasteiger partial charge < -0.3 is 10.6 Å². The van der Waals surface area contributed by atoms with Gasteiger partial charge in [-0.3, -0.25) is 9.59 Å². The molecule has 0 bridgehead atoms. The Hall–Kier alpha value is -2.18. The van der Waals surface area contributed by atoms with Gasteiger partial charge in [-0.1, -0.05) is 44.0 Å². The van der Waals surface area contributed by atoms with Crippen molar-refractivity contribution in [3.05, 3.63) is 78.7 Å². The molecule has 26 heavy (non-hydrogen) atoms. The van der Waals surface area contributed by atoms with Crippen molar-refractivity contribution >= 4 is 55.1 Å². The van der Waals surface area contributed by atoms with Gasteiger partial charge in [0.25, 0.3) is 11.8 Å². The average Bonchev–Trinajstić information content (AvgIpc) is 3.12. The molecule has 4 rings (SSSR count). The summed E-state index contributed by atoms with van der Waals surface area (Å²) < 4.78 is 1.96. The molecule has 0 atom stereocenters. The highest BCUT2D eigenvalue weighted by molar-refractivity contribution is 9.10. The Morgan fingerprint density at radius 3 is 1.42 bits per heavy atom. The smallest absolute Gasteiger partial charge is 0.258 e. The van der Waals surface area contributed by atoms with Gasteiger partial charge in [-0.05, 0) is 60.4 Å². The Morgan fingerprint density at radius 1 is 0.692 bits per heavy atom. The topological polar surface area (TPSA) is 58.2 Å². The van der Waals surface area contributed by atoms with Gasteiger partial charge in [-0.25, -0.2) is 0 Å². The SMILES string of the molecule is Cc1cc(C2=C3C(=O)NC(c4ccc(Br)c(C)c4)=C3C(=O)N2)ccc1Br. The zero-order valence-corrected chi connectivity index (χ0v) is 17.2. The molecular weight excluding hydrogens is 460 g/mol. The lowest BCUT2D eigenvalue weighted by molar-refractivity contribution is -0.117. The van der Waals surface area contributed by atoms with Gasteiger partial charge in [-0.15, -0.1) is 0 Å². The largest absolute Gasteiger partial charge is 0.321 e. The third-order valence-corrected chi connectivity index (χ3v) is 6.35. The second-order valence-electron chi connectivity index (χ2n) is 6.34. The number of aryl methyl sites for hydroxylation is 2. The lowest BCUT2D eigenvalue weighted by atomic mass is 10.0. The molecule has 6 heteroatoms. The first-order valence-corrected chi connectivity index (χ1v) is 9.60. The molecular formula is C20H14Br2N2O2. The van der Waals surface area contributed by atoms with Crippen LogP contribution >= 0.6 is 31.9 Å². The van der Waals surface area contributed by atoms with E-state index in [-0.39, 0.29) is 11.8 Å². The second-order valence-corrected chi connectivity index (χ2v) is 8.04. The number of carbonyl (C=O) groups excluding carboxylic acids is 2. The molecule has 0 radical (unpaired) electrons. The van der Waals surface area contributed by atoms with Crippen LogP contribution in [0.5, 0.6) is 0 Å². The molecule has 2 aromatic carbocycles. The van der Waals surface area contributed by atoms with Gasteiger partial charge in [0.1, 0.15) is 0 Å². The van der Waals surface area contributed by atoms with Crippen LogP contribution in [0, 0.1) is 13.8 Å². The minimum absolute atomic E-state index is 0.260. The summed E-state index contributed by atoms with van der Waals surface area (Å²) in [6, 6.07) is 11.5. The molecule has 0 aromatic heterocycles. The van der Waals surface area contributed by atoms with Crippen LogP contribution in [0.2, 0.25) is 0 Å². The Morgan fingerprint density at radius 2 is 1.08 bits per heavy atom. The van der Waals surface area contributed by atoms with Gasteiger partial charge in [0, 0.05) is 8.95 Å². The van der Waals surface area contributed by atoms with Crippen molar-refractivity contribution in [2.75, 3.05) is 0 Å². The highest BCUT2D eigenvalue weighted by atomic mass is 79.9. The molecule has 0 spiro atoms. The molecule has 0 saturated heterocycles. The summed E-state index contributed by atoms with van der Waals surface area (Å²) in [5.41, 5.74) is 5.62. The molecule has 2 aliphatic rings. The van der Waals surface area contributed by atoms with Gasteiger partial charge in [0.2, 0.25) is 0 Å². The van der Waals surface area contributed by atoms with Crippen molar-refractivity contribution in [1.29, 1.82) is 0 Å². The molecule has 0 saturated carbocycles. The Kier molecular flexibility index (Phi) is 4.12. The number of amides is 2. The third kappa shape index (κ3) is 2.64. The van der Waals surface area contributed by atoms with E-state index in [4.69, 9.17) is 0 Å². The van der Waals surface area contributed by atoms with Gasteiger partial charge in [0.05, 0.1) is 22.5 Å². The van der Waals surface area contributed by atoms with Crippen LogP contribution in [0.4, 0.5) is 0 Å². The van der Waals surface area contributed by atoms with E-state index >= 15 is 0 Å². The van der Waals surface area contributed by atoms with E-state index in [1.165, 1.54) is 0 Å². The molecule has 4 nitrogen and oxygen atoms in total. The van der Waals surface area contributed by atoms with E-state index in [2.05, 4.69) is 42.5 Å². The van der Waals surface area contributed by atoms with E-state index in [1.807, 2.05) is 50.2 Å². The summed E-state index contributed by atoms with van der Waals surface area (Å²) in [4.78, 5) is 25.3. The molecule has 0 fully saturated rings. The predicted octanol–water partition coefficient (Wildman–Crippen LogP) is 4.21. The Balaban J connectivity index is 1.90. The van der Waals surface area contributed by atoms with Crippen LogP contribution in [0.3, 0.4) is 0 Å². The van der Waals surface area contributed by atoms with Crippen molar-refractivity contribution in [3.8, 4) is 0 Å². The van der Waals surface area contributed by atoms with Gasteiger partial charge in [0.15, 0.2) is 0 Å². The van der Waals surface area contributed by atoms with Crippen molar-refractivity contribution in [3.63, 3.8) is 0 Å². The second kappa shape index (κ2) is 6.21. The highest BCUT2D eigenvalue weighted by Gasteiger charge is 2.40. The monoisotopic (exact) mass is 472 g/mol. The minimum Gasteiger partial charge on any atom is -0.321 e. The fourth-order valence-electron chi connectivity index (χ4n) is 3.21. The zero-order chi connectivity index (χ0) is 18.6. The average molecular weight is 474 g/mol. The quantitative estimate of drug-likeness (QED) is 0.686. The molecule has 2 aliphatic heterocycles. The maximum absolute atomic E-state index is 12.7. The number of benzene rings is 2. The normalized spacial score (nSPS) is 16.2. The number of carbonyl (C=O) groups is 2. The molecule has 2 heterocycles. The maximum Gasteiger partial charge on any atom is 0.258 e. The standard InChI is InChI=1S/C20H14Br2N2O2/c1-9-7-11(3-5-13(9)21)17-15-16(20(26)23-17)18(24-19(15)25)12-4-6-14(22)10(2)8-12/h3-8H,1-2H3,(H,23,26)(H,24,25).